The number of para-hydroxylation sites is 2. The summed E-state index contributed by atoms with van der Waals surface area (Å²) in [6.45, 7) is 9.99. The van der Waals surface area contributed by atoms with Crippen molar-refractivity contribution in [2.45, 2.75) is 25.5 Å². The highest BCUT2D eigenvalue weighted by Crippen LogP contribution is 2.30. The molecule has 144 valence electrons. The van der Waals surface area contributed by atoms with E-state index in [2.05, 4.69) is 34.4 Å². The number of fused-ring (bicyclic) bond motifs is 1. The van der Waals surface area contributed by atoms with Crippen molar-refractivity contribution < 1.29 is 14.2 Å². The normalized spacial score (nSPS) is 21.3. The Morgan fingerprint density at radius 2 is 1.92 bits per heavy atom. The van der Waals surface area contributed by atoms with Crippen LogP contribution in [0.25, 0.3) is 0 Å². The van der Waals surface area contributed by atoms with E-state index in [1.54, 1.807) is 7.05 Å². The fourth-order valence-electron chi connectivity index (χ4n) is 3.18. The van der Waals surface area contributed by atoms with Crippen LogP contribution in [0.4, 0.5) is 0 Å². The molecule has 1 aromatic carbocycles. The lowest BCUT2D eigenvalue weighted by molar-refractivity contribution is -0.00835. The van der Waals surface area contributed by atoms with Crippen LogP contribution in [0.15, 0.2) is 29.3 Å². The summed E-state index contributed by atoms with van der Waals surface area (Å²) in [4.78, 5) is 6.77. The van der Waals surface area contributed by atoms with Crippen molar-refractivity contribution >= 4 is 5.96 Å². The number of hydrogen-bond acceptors (Lipinski definition) is 5. The topological polar surface area (TPSA) is 67.4 Å². The minimum Gasteiger partial charge on any atom is -0.486 e. The van der Waals surface area contributed by atoms with Gasteiger partial charge < -0.3 is 24.8 Å². The number of morpholine rings is 1. The summed E-state index contributed by atoms with van der Waals surface area (Å²) in [6, 6.07) is 7.75. The van der Waals surface area contributed by atoms with Crippen LogP contribution in [0.2, 0.25) is 0 Å². The molecule has 1 unspecified atom stereocenters. The molecule has 0 spiro atoms. The van der Waals surface area contributed by atoms with Gasteiger partial charge in [0, 0.05) is 32.2 Å². The predicted octanol–water partition coefficient (Wildman–Crippen LogP) is 1.10. The Hall–Kier alpha value is -1.99. The fraction of sp³-hybridized carbons (Fsp3) is 0.632. The van der Waals surface area contributed by atoms with E-state index in [1.165, 1.54) is 0 Å². The molecule has 2 N–H and O–H groups in total. The zero-order valence-electron chi connectivity index (χ0n) is 16.0. The van der Waals surface area contributed by atoms with Crippen LogP contribution in [-0.4, -0.2) is 75.5 Å². The maximum atomic E-state index is 5.98. The lowest BCUT2D eigenvalue weighted by atomic mass is 10.0. The molecule has 0 aromatic heterocycles. The standard InChI is InChI=1S/C19H30N4O3/c1-19(2,23-8-10-24-11-9-23)14-22-18(20-3)21-12-15-13-25-16-6-4-5-7-17(16)26-15/h4-7,15H,8-14H2,1-3H3,(H2,20,21,22). The summed E-state index contributed by atoms with van der Waals surface area (Å²) in [5.74, 6) is 2.37. The summed E-state index contributed by atoms with van der Waals surface area (Å²) < 4.78 is 17.2. The lowest BCUT2D eigenvalue weighted by Crippen LogP contribution is -2.57. The minimum atomic E-state index is -0.0456. The van der Waals surface area contributed by atoms with Gasteiger partial charge in [-0.1, -0.05) is 12.1 Å². The highest BCUT2D eigenvalue weighted by atomic mass is 16.6. The van der Waals surface area contributed by atoms with Gasteiger partial charge in [0.15, 0.2) is 17.5 Å². The number of ether oxygens (including phenoxy) is 3. The number of guanidine groups is 1. The Morgan fingerprint density at radius 1 is 1.19 bits per heavy atom. The van der Waals surface area contributed by atoms with Gasteiger partial charge in [0.2, 0.25) is 0 Å². The molecule has 7 nitrogen and oxygen atoms in total. The van der Waals surface area contributed by atoms with Crippen molar-refractivity contribution in [1.82, 2.24) is 15.5 Å². The molecule has 26 heavy (non-hydrogen) atoms. The zero-order chi connectivity index (χ0) is 18.4. The number of aliphatic imine (C=N–C) groups is 1. The number of hydrogen-bond donors (Lipinski definition) is 2. The van der Waals surface area contributed by atoms with Gasteiger partial charge in [0.1, 0.15) is 12.7 Å². The van der Waals surface area contributed by atoms with E-state index in [9.17, 15) is 0 Å². The molecular formula is C19H30N4O3. The quantitative estimate of drug-likeness (QED) is 0.604. The van der Waals surface area contributed by atoms with Gasteiger partial charge in [-0.05, 0) is 26.0 Å². The molecule has 7 heteroatoms. The second-order valence-corrected chi connectivity index (χ2v) is 7.22. The second-order valence-electron chi connectivity index (χ2n) is 7.22. The number of rotatable bonds is 5. The van der Waals surface area contributed by atoms with Gasteiger partial charge >= 0.3 is 0 Å². The first-order valence-electron chi connectivity index (χ1n) is 9.24. The molecule has 0 bridgehead atoms. The molecule has 2 aliphatic heterocycles. The van der Waals surface area contributed by atoms with Gasteiger partial charge in [0.05, 0.1) is 19.8 Å². The molecule has 3 rings (SSSR count). The van der Waals surface area contributed by atoms with Crippen molar-refractivity contribution in [1.29, 1.82) is 0 Å². The van der Waals surface area contributed by atoms with E-state index in [1.807, 2.05) is 24.3 Å². The van der Waals surface area contributed by atoms with Crippen molar-refractivity contribution in [3.63, 3.8) is 0 Å². The summed E-state index contributed by atoms with van der Waals surface area (Å²) in [6.07, 6.45) is -0.0456. The maximum Gasteiger partial charge on any atom is 0.191 e. The molecular weight excluding hydrogens is 332 g/mol. The number of nitrogens with zero attached hydrogens (tertiary/aromatic N) is 2. The van der Waals surface area contributed by atoms with Crippen LogP contribution in [-0.2, 0) is 4.74 Å². The smallest absolute Gasteiger partial charge is 0.191 e. The fourth-order valence-corrected chi connectivity index (χ4v) is 3.18. The molecule has 1 aromatic rings. The average molecular weight is 362 g/mol. The molecule has 2 aliphatic rings. The van der Waals surface area contributed by atoms with Gasteiger partial charge in [-0.2, -0.15) is 0 Å². The Morgan fingerprint density at radius 3 is 2.65 bits per heavy atom. The Kier molecular flexibility index (Phi) is 6.21. The first-order valence-corrected chi connectivity index (χ1v) is 9.24. The predicted molar refractivity (Wildman–Crippen MR) is 102 cm³/mol. The third-order valence-electron chi connectivity index (χ3n) is 4.84. The zero-order valence-corrected chi connectivity index (χ0v) is 16.0. The van der Waals surface area contributed by atoms with Crippen molar-refractivity contribution in [2.24, 2.45) is 4.99 Å². The minimum absolute atomic E-state index is 0.0325. The summed E-state index contributed by atoms with van der Waals surface area (Å²) in [5, 5.41) is 6.76. The Balaban J connectivity index is 1.45. The highest BCUT2D eigenvalue weighted by Gasteiger charge is 2.28. The largest absolute Gasteiger partial charge is 0.486 e. The molecule has 0 radical (unpaired) electrons. The van der Waals surface area contributed by atoms with Gasteiger partial charge in [-0.15, -0.1) is 0 Å². The monoisotopic (exact) mass is 362 g/mol. The van der Waals surface area contributed by atoms with Gasteiger partial charge in [-0.25, -0.2) is 0 Å². The van der Waals surface area contributed by atoms with Crippen molar-refractivity contribution in [3.8, 4) is 11.5 Å². The first-order chi connectivity index (χ1) is 12.6. The first kappa shape index (κ1) is 18.8. The van der Waals surface area contributed by atoms with E-state index in [-0.39, 0.29) is 11.6 Å². The van der Waals surface area contributed by atoms with E-state index in [0.717, 1.165) is 50.3 Å². The maximum absolute atomic E-state index is 5.98. The average Bonchev–Trinajstić information content (AvgIpc) is 2.68. The van der Waals surface area contributed by atoms with Gasteiger partial charge in [-0.3, -0.25) is 9.89 Å². The van der Waals surface area contributed by atoms with Crippen LogP contribution in [0.3, 0.4) is 0 Å². The third kappa shape index (κ3) is 4.80. The third-order valence-corrected chi connectivity index (χ3v) is 4.84. The lowest BCUT2D eigenvalue weighted by Gasteiger charge is -2.41. The van der Waals surface area contributed by atoms with Crippen molar-refractivity contribution in [2.75, 3.05) is 53.0 Å². The number of benzene rings is 1. The molecule has 1 saturated heterocycles. The number of nitrogens with one attached hydrogen (secondary N) is 2. The van der Waals surface area contributed by atoms with Crippen molar-refractivity contribution in [3.05, 3.63) is 24.3 Å². The van der Waals surface area contributed by atoms with E-state index < -0.39 is 0 Å². The van der Waals surface area contributed by atoms with Crippen LogP contribution in [0, 0.1) is 0 Å². The Bertz CT molecular complexity index is 615. The van der Waals surface area contributed by atoms with Crippen LogP contribution < -0.4 is 20.1 Å². The molecule has 0 aliphatic carbocycles. The summed E-state index contributed by atoms with van der Waals surface area (Å²) >= 11 is 0. The molecule has 1 atom stereocenters. The van der Waals surface area contributed by atoms with E-state index >= 15 is 0 Å². The Labute approximate surface area is 155 Å². The summed E-state index contributed by atoms with van der Waals surface area (Å²) in [7, 11) is 1.78. The highest BCUT2D eigenvalue weighted by molar-refractivity contribution is 5.79. The molecule has 0 amide bonds. The SMILES string of the molecule is CN=C(NCC1COc2ccccc2O1)NCC(C)(C)N1CCOCC1. The van der Waals surface area contributed by atoms with Crippen LogP contribution in [0.5, 0.6) is 11.5 Å². The van der Waals surface area contributed by atoms with E-state index in [0.29, 0.717) is 13.2 Å². The second kappa shape index (κ2) is 8.60. The van der Waals surface area contributed by atoms with Crippen LogP contribution in [0.1, 0.15) is 13.8 Å². The van der Waals surface area contributed by atoms with Crippen LogP contribution >= 0.6 is 0 Å². The van der Waals surface area contributed by atoms with Gasteiger partial charge in [0.25, 0.3) is 0 Å². The molecule has 2 heterocycles. The molecule has 1 fully saturated rings. The molecule has 0 saturated carbocycles. The van der Waals surface area contributed by atoms with E-state index in [4.69, 9.17) is 14.2 Å². The summed E-state index contributed by atoms with van der Waals surface area (Å²) in [5.41, 5.74) is 0.0325.